The highest BCUT2D eigenvalue weighted by Crippen LogP contribution is 2.52. The number of methoxy groups -OCH3 is 2. The van der Waals surface area contributed by atoms with Crippen molar-refractivity contribution in [2.45, 2.75) is 37.4 Å². The maximum Gasteiger partial charge on any atom is 0.573 e. The zero-order valence-corrected chi connectivity index (χ0v) is 19.1. The number of alkyl halides is 6. The molecule has 196 valence electrons. The molecule has 2 fully saturated rings. The van der Waals surface area contributed by atoms with Gasteiger partial charge in [-0.2, -0.15) is 0 Å². The second kappa shape index (κ2) is 10.7. The maximum atomic E-state index is 12.2. The molecule has 6 nitrogen and oxygen atoms in total. The van der Waals surface area contributed by atoms with Crippen LogP contribution in [0.2, 0.25) is 0 Å². The molecule has 2 aromatic rings. The van der Waals surface area contributed by atoms with Crippen LogP contribution in [0.3, 0.4) is 0 Å². The first-order chi connectivity index (χ1) is 16.8. The highest BCUT2D eigenvalue weighted by atomic mass is 19.4. The third-order valence-electron chi connectivity index (χ3n) is 5.68. The first kappa shape index (κ1) is 27.2. The lowest BCUT2D eigenvalue weighted by molar-refractivity contribution is -0.275. The molecule has 0 aliphatic heterocycles. The van der Waals surface area contributed by atoms with Crippen molar-refractivity contribution in [2.24, 2.45) is 11.8 Å². The van der Waals surface area contributed by atoms with Crippen LogP contribution in [0, 0.1) is 11.8 Å². The smallest absolute Gasteiger partial charge is 0.469 e. The molecule has 2 aliphatic carbocycles. The molecule has 36 heavy (non-hydrogen) atoms. The van der Waals surface area contributed by atoms with Gasteiger partial charge < -0.3 is 18.9 Å². The van der Waals surface area contributed by atoms with Gasteiger partial charge in [0.2, 0.25) is 0 Å². The molecular formula is C24H22F6O6. The van der Waals surface area contributed by atoms with Crippen molar-refractivity contribution in [1.82, 2.24) is 0 Å². The third kappa shape index (κ3) is 7.28. The van der Waals surface area contributed by atoms with Gasteiger partial charge in [-0.3, -0.25) is 9.59 Å². The van der Waals surface area contributed by atoms with Crippen LogP contribution < -0.4 is 9.47 Å². The highest BCUT2D eigenvalue weighted by molar-refractivity contribution is 5.78. The molecule has 0 heterocycles. The Kier molecular flexibility index (Phi) is 8.05. The number of rotatable bonds is 6. The minimum absolute atomic E-state index is 0.249. The number of carbonyl (C=O) groups is 2. The third-order valence-corrected chi connectivity index (χ3v) is 5.68. The quantitative estimate of drug-likeness (QED) is 0.358. The predicted molar refractivity (Wildman–Crippen MR) is 112 cm³/mol. The topological polar surface area (TPSA) is 71.1 Å². The predicted octanol–water partition coefficient (Wildman–Crippen LogP) is 5.72. The summed E-state index contributed by atoms with van der Waals surface area (Å²) in [5, 5.41) is 0. The van der Waals surface area contributed by atoms with Gasteiger partial charge in [-0.1, -0.05) is 36.4 Å². The summed E-state index contributed by atoms with van der Waals surface area (Å²) in [5.41, 5.74) is 0.787. The van der Waals surface area contributed by atoms with E-state index in [-0.39, 0.29) is 35.2 Å². The van der Waals surface area contributed by atoms with Crippen molar-refractivity contribution in [3.63, 3.8) is 0 Å². The molecule has 4 atom stereocenters. The second-order valence-electron chi connectivity index (χ2n) is 8.11. The molecule has 0 amide bonds. The molecule has 0 radical (unpaired) electrons. The van der Waals surface area contributed by atoms with Crippen molar-refractivity contribution in [2.75, 3.05) is 14.2 Å². The Bertz CT molecular complexity index is 998. The number of benzene rings is 2. The molecule has 2 aliphatic rings. The summed E-state index contributed by atoms with van der Waals surface area (Å²) in [6.45, 7) is 0. The fourth-order valence-corrected chi connectivity index (χ4v) is 3.91. The van der Waals surface area contributed by atoms with Crippen molar-refractivity contribution in [1.29, 1.82) is 0 Å². The molecule has 4 unspecified atom stereocenters. The molecule has 0 spiro atoms. The summed E-state index contributed by atoms with van der Waals surface area (Å²) < 4.78 is 90.3. The lowest BCUT2D eigenvalue weighted by Crippen LogP contribution is -2.18. The monoisotopic (exact) mass is 520 g/mol. The van der Waals surface area contributed by atoms with E-state index < -0.39 is 24.7 Å². The van der Waals surface area contributed by atoms with Gasteiger partial charge in [0.05, 0.1) is 26.1 Å². The highest BCUT2D eigenvalue weighted by Gasteiger charge is 2.48. The Morgan fingerprint density at radius 2 is 1.00 bits per heavy atom. The Morgan fingerprint density at radius 3 is 1.31 bits per heavy atom. The van der Waals surface area contributed by atoms with E-state index in [0.717, 1.165) is 0 Å². The van der Waals surface area contributed by atoms with Gasteiger partial charge in [-0.15, -0.1) is 26.3 Å². The van der Waals surface area contributed by atoms with Crippen molar-refractivity contribution in [3.05, 3.63) is 59.7 Å². The fraction of sp³-hybridized carbons (Fsp3) is 0.417. The van der Waals surface area contributed by atoms with Crippen LogP contribution >= 0.6 is 0 Å². The van der Waals surface area contributed by atoms with E-state index in [1.807, 2.05) is 0 Å². The van der Waals surface area contributed by atoms with Crippen molar-refractivity contribution >= 4 is 11.9 Å². The molecule has 0 aromatic heterocycles. The molecule has 4 rings (SSSR count). The van der Waals surface area contributed by atoms with Crippen molar-refractivity contribution < 1.29 is 54.9 Å². The van der Waals surface area contributed by atoms with Gasteiger partial charge in [0.15, 0.2) is 0 Å². The first-order valence-electron chi connectivity index (χ1n) is 10.7. The van der Waals surface area contributed by atoms with Crippen LogP contribution in [0.5, 0.6) is 11.5 Å². The number of carbonyl (C=O) groups excluding carboxylic acids is 2. The van der Waals surface area contributed by atoms with Gasteiger partial charge in [-0.25, -0.2) is 0 Å². The summed E-state index contributed by atoms with van der Waals surface area (Å²) in [6.07, 6.45) is -8.48. The van der Waals surface area contributed by atoms with E-state index in [1.54, 1.807) is 12.1 Å². The zero-order valence-electron chi connectivity index (χ0n) is 19.1. The maximum absolute atomic E-state index is 12.2. The summed E-state index contributed by atoms with van der Waals surface area (Å²) in [6, 6.07) is 11.7. The van der Waals surface area contributed by atoms with Crippen LogP contribution in [-0.2, 0) is 19.1 Å². The number of hydrogen-bond donors (Lipinski definition) is 0. The minimum atomic E-state index is -4.73. The molecule has 0 saturated heterocycles. The van der Waals surface area contributed by atoms with Crippen LogP contribution in [-0.4, -0.2) is 38.9 Å². The van der Waals surface area contributed by atoms with Gasteiger partial charge >= 0.3 is 24.7 Å². The van der Waals surface area contributed by atoms with Gasteiger partial charge in [0, 0.05) is 11.8 Å². The van der Waals surface area contributed by atoms with E-state index in [4.69, 9.17) is 0 Å². The van der Waals surface area contributed by atoms with Crippen LogP contribution in [0.15, 0.2) is 48.5 Å². The Balaban J connectivity index is 0.000000201. The fourth-order valence-electron chi connectivity index (χ4n) is 3.91. The number of para-hydroxylation sites is 2. The summed E-state index contributed by atoms with van der Waals surface area (Å²) in [7, 11) is 2.52. The average Bonchev–Trinajstić information content (AvgIpc) is 3.71. The molecular weight excluding hydrogens is 498 g/mol. The average molecular weight is 520 g/mol. The molecule has 2 aromatic carbocycles. The largest absolute Gasteiger partial charge is 0.573 e. The number of hydrogen-bond acceptors (Lipinski definition) is 6. The van der Waals surface area contributed by atoms with Crippen molar-refractivity contribution in [3.8, 4) is 11.5 Å². The SMILES string of the molecule is COC(=O)C1CC1c1ccccc1OC(F)(F)F.COC(=O)C1CC1c1ccccc1OC(F)(F)F. The van der Waals surface area contributed by atoms with Gasteiger partial charge in [0.25, 0.3) is 0 Å². The van der Waals surface area contributed by atoms with E-state index >= 15 is 0 Å². The van der Waals surface area contributed by atoms with Gasteiger partial charge in [0.1, 0.15) is 11.5 Å². The lowest BCUT2D eigenvalue weighted by atomic mass is 10.1. The molecule has 2 saturated carbocycles. The van der Waals surface area contributed by atoms with Crippen LogP contribution in [0.4, 0.5) is 26.3 Å². The summed E-state index contributed by atoms with van der Waals surface area (Å²) >= 11 is 0. The molecule has 0 bridgehead atoms. The van der Waals surface area contributed by atoms with Crippen LogP contribution in [0.1, 0.15) is 35.8 Å². The number of ether oxygens (including phenoxy) is 4. The van der Waals surface area contributed by atoms with E-state index in [0.29, 0.717) is 24.0 Å². The standard InChI is InChI=1S/2C12H11F3O3/c2*1-17-11(16)9-6-8(9)7-4-2-3-5-10(7)18-12(13,14)15/h2*2-5,8-9H,6H2,1H3. The lowest BCUT2D eigenvalue weighted by Gasteiger charge is -2.12. The number of halogens is 6. The molecule has 0 N–H and O–H groups in total. The van der Waals surface area contributed by atoms with Gasteiger partial charge in [-0.05, 0) is 36.1 Å². The normalized spacial score (nSPS) is 22.4. The second-order valence-corrected chi connectivity index (χ2v) is 8.11. The van der Waals surface area contributed by atoms with E-state index in [9.17, 15) is 35.9 Å². The zero-order chi connectivity index (χ0) is 26.7. The Hall–Kier alpha value is -3.44. The molecule has 12 heteroatoms. The Morgan fingerprint density at radius 1 is 0.667 bits per heavy atom. The van der Waals surface area contributed by atoms with E-state index in [2.05, 4.69) is 18.9 Å². The first-order valence-corrected chi connectivity index (χ1v) is 10.7. The summed E-state index contributed by atoms with van der Waals surface area (Å²) in [4.78, 5) is 22.5. The number of esters is 2. The summed E-state index contributed by atoms with van der Waals surface area (Å²) in [5.74, 6) is -2.54. The van der Waals surface area contributed by atoms with E-state index in [1.165, 1.54) is 50.6 Å². The van der Waals surface area contributed by atoms with Crippen LogP contribution in [0.25, 0.3) is 0 Å². The Labute approximate surface area is 202 Å². The minimum Gasteiger partial charge on any atom is -0.469 e.